The zero-order valence-electron chi connectivity index (χ0n) is 8.54. The van der Waals surface area contributed by atoms with E-state index in [4.69, 9.17) is 9.47 Å². The van der Waals surface area contributed by atoms with E-state index in [1.54, 1.807) is 0 Å². The van der Waals surface area contributed by atoms with Gasteiger partial charge in [0.1, 0.15) is 6.10 Å². The average molecular weight is 199 g/mol. The van der Waals surface area contributed by atoms with Crippen LogP contribution in [0.3, 0.4) is 0 Å². The van der Waals surface area contributed by atoms with Crippen LogP contribution in [0.5, 0.6) is 0 Å². The summed E-state index contributed by atoms with van der Waals surface area (Å²) >= 11 is 0. The second-order valence-corrected chi connectivity index (χ2v) is 4.52. The van der Waals surface area contributed by atoms with Gasteiger partial charge in [0.15, 0.2) is 0 Å². The van der Waals surface area contributed by atoms with Crippen molar-refractivity contribution in [2.75, 3.05) is 26.4 Å². The van der Waals surface area contributed by atoms with Crippen LogP contribution in [0.4, 0.5) is 0 Å². The molecular formula is C10H17NO3. The number of hydrogen-bond donors (Lipinski definition) is 1. The highest BCUT2D eigenvalue weighted by Gasteiger charge is 2.34. The third kappa shape index (κ3) is 2.07. The molecular weight excluding hydrogens is 182 g/mol. The van der Waals surface area contributed by atoms with Crippen LogP contribution in [0.2, 0.25) is 0 Å². The Bertz CT molecular complexity index is 219. The predicted molar refractivity (Wildman–Crippen MR) is 50.9 cm³/mol. The van der Waals surface area contributed by atoms with Crippen molar-refractivity contribution >= 4 is 5.91 Å². The van der Waals surface area contributed by atoms with E-state index >= 15 is 0 Å². The third-order valence-electron chi connectivity index (χ3n) is 2.81. The van der Waals surface area contributed by atoms with Gasteiger partial charge in [-0.1, -0.05) is 6.92 Å². The summed E-state index contributed by atoms with van der Waals surface area (Å²) in [6.07, 6.45) is 1.65. The summed E-state index contributed by atoms with van der Waals surface area (Å²) < 4.78 is 10.4. The molecule has 2 fully saturated rings. The Kier molecular flexibility index (Phi) is 2.74. The molecule has 0 aromatic rings. The lowest BCUT2D eigenvalue weighted by atomic mass is 9.89. The average Bonchev–Trinajstić information content (AvgIpc) is 2.63. The second-order valence-electron chi connectivity index (χ2n) is 4.52. The van der Waals surface area contributed by atoms with E-state index in [0.29, 0.717) is 6.54 Å². The fourth-order valence-electron chi connectivity index (χ4n) is 1.75. The van der Waals surface area contributed by atoms with Gasteiger partial charge < -0.3 is 14.8 Å². The lowest BCUT2D eigenvalue weighted by molar-refractivity contribution is -0.134. The molecule has 1 amide bonds. The van der Waals surface area contributed by atoms with Crippen molar-refractivity contribution in [2.24, 2.45) is 5.41 Å². The topological polar surface area (TPSA) is 47.6 Å². The second kappa shape index (κ2) is 3.87. The highest BCUT2D eigenvalue weighted by Crippen LogP contribution is 2.25. The molecule has 0 saturated carbocycles. The summed E-state index contributed by atoms with van der Waals surface area (Å²) in [5, 5.41) is 2.92. The van der Waals surface area contributed by atoms with Gasteiger partial charge in [0, 0.05) is 18.6 Å². The van der Waals surface area contributed by atoms with Crippen LogP contribution in [-0.4, -0.2) is 38.4 Å². The zero-order valence-corrected chi connectivity index (χ0v) is 8.54. The first-order valence-corrected chi connectivity index (χ1v) is 5.17. The van der Waals surface area contributed by atoms with Crippen molar-refractivity contribution in [2.45, 2.75) is 25.9 Å². The maximum Gasteiger partial charge on any atom is 0.249 e. The minimum absolute atomic E-state index is 0.0376. The Hall–Kier alpha value is -0.610. The standard InChI is InChI=1S/C10H17NO3/c1-10(6-13-7-10)5-11-9(12)8-3-2-4-14-8/h8H,2-7H2,1H3,(H,11,12). The quantitative estimate of drug-likeness (QED) is 0.712. The minimum atomic E-state index is -0.209. The molecule has 2 aliphatic rings. The molecule has 0 radical (unpaired) electrons. The van der Waals surface area contributed by atoms with E-state index in [2.05, 4.69) is 12.2 Å². The fraction of sp³-hybridized carbons (Fsp3) is 0.900. The molecule has 14 heavy (non-hydrogen) atoms. The number of carbonyl (C=O) groups excluding carboxylic acids is 1. The van der Waals surface area contributed by atoms with Crippen molar-refractivity contribution in [1.82, 2.24) is 5.32 Å². The molecule has 0 spiro atoms. The first kappa shape index (κ1) is 9.93. The van der Waals surface area contributed by atoms with E-state index in [0.717, 1.165) is 32.7 Å². The van der Waals surface area contributed by atoms with E-state index in [1.165, 1.54) is 0 Å². The SMILES string of the molecule is CC1(CNC(=O)C2CCCO2)COC1. The summed E-state index contributed by atoms with van der Waals surface area (Å²) in [7, 11) is 0. The molecule has 2 heterocycles. The van der Waals surface area contributed by atoms with Crippen LogP contribution in [0.15, 0.2) is 0 Å². The van der Waals surface area contributed by atoms with Crippen LogP contribution < -0.4 is 5.32 Å². The van der Waals surface area contributed by atoms with E-state index in [1.807, 2.05) is 0 Å². The van der Waals surface area contributed by atoms with Gasteiger partial charge in [-0.15, -0.1) is 0 Å². The van der Waals surface area contributed by atoms with Gasteiger partial charge in [-0.05, 0) is 12.8 Å². The maximum absolute atomic E-state index is 11.6. The van der Waals surface area contributed by atoms with Gasteiger partial charge in [-0.3, -0.25) is 4.79 Å². The number of ether oxygens (including phenoxy) is 2. The molecule has 2 rings (SSSR count). The normalized spacial score (nSPS) is 29.6. The van der Waals surface area contributed by atoms with Crippen molar-refractivity contribution in [3.8, 4) is 0 Å². The van der Waals surface area contributed by atoms with Crippen molar-refractivity contribution in [3.63, 3.8) is 0 Å². The molecule has 0 aliphatic carbocycles. The number of amides is 1. The molecule has 0 aromatic carbocycles. The molecule has 0 aromatic heterocycles. The molecule has 4 nitrogen and oxygen atoms in total. The molecule has 80 valence electrons. The van der Waals surface area contributed by atoms with E-state index < -0.39 is 0 Å². The van der Waals surface area contributed by atoms with Crippen molar-refractivity contribution in [3.05, 3.63) is 0 Å². The lowest BCUT2D eigenvalue weighted by Crippen LogP contribution is -2.50. The lowest BCUT2D eigenvalue weighted by Gasteiger charge is -2.38. The highest BCUT2D eigenvalue weighted by molar-refractivity contribution is 5.80. The zero-order chi connectivity index (χ0) is 10.0. The molecule has 2 aliphatic heterocycles. The number of carbonyl (C=O) groups is 1. The van der Waals surface area contributed by atoms with Gasteiger partial charge in [-0.2, -0.15) is 0 Å². The number of nitrogens with one attached hydrogen (secondary N) is 1. The van der Waals surface area contributed by atoms with Crippen LogP contribution in [0, 0.1) is 5.41 Å². The Balaban J connectivity index is 1.71. The van der Waals surface area contributed by atoms with Gasteiger partial charge in [0.25, 0.3) is 0 Å². The van der Waals surface area contributed by atoms with Crippen LogP contribution >= 0.6 is 0 Å². The van der Waals surface area contributed by atoms with Gasteiger partial charge in [-0.25, -0.2) is 0 Å². The Labute approximate surface area is 84.0 Å². The summed E-state index contributed by atoms with van der Waals surface area (Å²) in [5.74, 6) is 0.0376. The maximum atomic E-state index is 11.6. The Morgan fingerprint density at radius 3 is 2.86 bits per heavy atom. The number of hydrogen-bond acceptors (Lipinski definition) is 3. The summed E-state index contributed by atoms with van der Waals surface area (Å²) in [4.78, 5) is 11.6. The first-order chi connectivity index (χ1) is 6.70. The van der Waals surface area contributed by atoms with Crippen LogP contribution in [-0.2, 0) is 14.3 Å². The Morgan fingerprint density at radius 2 is 2.36 bits per heavy atom. The van der Waals surface area contributed by atoms with Gasteiger partial charge in [0.2, 0.25) is 5.91 Å². The minimum Gasteiger partial charge on any atom is -0.380 e. The smallest absolute Gasteiger partial charge is 0.249 e. The summed E-state index contributed by atoms with van der Waals surface area (Å²) in [6.45, 7) is 5.04. The van der Waals surface area contributed by atoms with Crippen LogP contribution in [0.1, 0.15) is 19.8 Å². The van der Waals surface area contributed by atoms with Crippen molar-refractivity contribution in [1.29, 1.82) is 0 Å². The molecule has 2 saturated heterocycles. The van der Waals surface area contributed by atoms with Crippen LogP contribution in [0.25, 0.3) is 0 Å². The molecule has 1 unspecified atom stereocenters. The summed E-state index contributed by atoms with van der Waals surface area (Å²) in [6, 6.07) is 0. The van der Waals surface area contributed by atoms with Gasteiger partial charge >= 0.3 is 0 Å². The van der Waals surface area contributed by atoms with Gasteiger partial charge in [0.05, 0.1) is 13.2 Å². The van der Waals surface area contributed by atoms with E-state index in [9.17, 15) is 4.79 Å². The largest absolute Gasteiger partial charge is 0.380 e. The van der Waals surface area contributed by atoms with Crippen molar-refractivity contribution < 1.29 is 14.3 Å². The molecule has 0 bridgehead atoms. The Morgan fingerprint density at radius 1 is 1.57 bits per heavy atom. The third-order valence-corrected chi connectivity index (χ3v) is 2.81. The molecule has 1 atom stereocenters. The summed E-state index contributed by atoms with van der Waals surface area (Å²) in [5.41, 5.74) is 0.147. The first-order valence-electron chi connectivity index (χ1n) is 5.17. The molecule has 1 N–H and O–H groups in total. The van der Waals surface area contributed by atoms with E-state index in [-0.39, 0.29) is 17.4 Å². The molecule has 4 heteroatoms. The monoisotopic (exact) mass is 199 g/mol. The highest BCUT2D eigenvalue weighted by atomic mass is 16.5. The predicted octanol–water partition coefficient (Wildman–Crippen LogP) is 0.318. The fourth-order valence-corrected chi connectivity index (χ4v) is 1.75. The number of rotatable bonds is 3.